The van der Waals surface area contributed by atoms with Gasteiger partial charge in [0.15, 0.2) is 6.29 Å². The molecule has 1 rings (SSSR count). The number of hydrogen-bond acceptors (Lipinski definition) is 3. The van der Waals surface area contributed by atoms with Crippen molar-refractivity contribution in [2.24, 2.45) is 0 Å². The van der Waals surface area contributed by atoms with Gasteiger partial charge in [-0.05, 0) is 12.2 Å². The van der Waals surface area contributed by atoms with Gasteiger partial charge >= 0.3 is 0 Å². The Labute approximate surface area is 53.2 Å². The summed E-state index contributed by atoms with van der Waals surface area (Å²) in [4.78, 5) is 0. The first kappa shape index (κ1) is 6.39. The molecule has 0 aromatic carbocycles. The number of ether oxygens (including phenoxy) is 1. The van der Waals surface area contributed by atoms with Crippen molar-refractivity contribution in [2.45, 2.75) is 12.7 Å². The van der Waals surface area contributed by atoms with Crippen LogP contribution in [0.25, 0.3) is 0 Å². The minimum absolute atomic E-state index is 0.512. The molecule has 0 aliphatic carbocycles. The molecule has 2 nitrogen and oxygen atoms in total. The molecule has 8 heavy (non-hydrogen) atoms. The highest BCUT2D eigenvalue weighted by atomic mass is 32.2. The van der Waals surface area contributed by atoms with E-state index >= 15 is 0 Å². The smallest absolute Gasteiger partial charge is 0.163 e. The van der Waals surface area contributed by atoms with Crippen molar-refractivity contribution in [1.29, 1.82) is 0 Å². The lowest BCUT2D eigenvalue weighted by molar-refractivity contribution is -0.0789. The molecule has 0 aromatic rings. The SMILES string of the molecule is O[C@H]1CSCCCO1. The van der Waals surface area contributed by atoms with Gasteiger partial charge in [0.2, 0.25) is 0 Å². The molecule has 1 fully saturated rings. The molecule has 3 heteroatoms. The quantitative estimate of drug-likeness (QED) is 0.522. The van der Waals surface area contributed by atoms with Crippen LogP contribution in [-0.4, -0.2) is 29.5 Å². The van der Waals surface area contributed by atoms with Crippen LogP contribution in [-0.2, 0) is 4.74 Å². The van der Waals surface area contributed by atoms with Crippen molar-refractivity contribution in [3.8, 4) is 0 Å². The maximum absolute atomic E-state index is 8.85. The molecule has 0 aromatic heterocycles. The number of rotatable bonds is 0. The molecule has 1 aliphatic rings. The molecular formula is C5H10O2S. The van der Waals surface area contributed by atoms with Gasteiger partial charge in [-0.25, -0.2) is 0 Å². The fraction of sp³-hybridized carbons (Fsp3) is 1.00. The van der Waals surface area contributed by atoms with E-state index in [1.165, 1.54) is 0 Å². The third-order valence-electron chi connectivity index (χ3n) is 1.00. The molecule has 48 valence electrons. The van der Waals surface area contributed by atoms with E-state index in [0.717, 1.165) is 17.9 Å². The zero-order valence-electron chi connectivity index (χ0n) is 4.67. The second-order valence-corrected chi connectivity index (χ2v) is 2.90. The van der Waals surface area contributed by atoms with Crippen molar-refractivity contribution in [2.75, 3.05) is 18.1 Å². The van der Waals surface area contributed by atoms with Gasteiger partial charge in [-0.2, -0.15) is 11.8 Å². The first-order chi connectivity index (χ1) is 3.89. The summed E-state index contributed by atoms with van der Waals surface area (Å²) in [5, 5.41) is 8.85. The second kappa shape index (κ2) is 3.33. The Morgan fingerprint density at radius 3 is 3.38 bits per heavy atom. The molecular weight excluding hydrogens is 124 g/mol. The van der Waals surface area contributed by atoms with Crippen molar-refractivity contribution in [3.63, 3.8) is 0 Å². The average molecular weight is 134 g/mol. The Hall–Kier alpha value is 0.270. The highest BCUT2D eigenvalue weighted by Gasteiger charge is 2.06. The van der Waals surface area contributed by atoms with Crippen molar-refractivity contribution in [1.82, 2.24) is 0 Å². The van der Waals surface area contributed by atoms with Crippen molar-refractivity contribution >= 4 is 11.8 Å². The second-order valence-electron chi connectivity index (χ2n) is 1.75. The molecule has 1 N–H and O–H groups in total. The third kappa shape index (κ3) is 2.03. The van der Waals surface area contributed by atoms with Crippen molar-refractivity contribution in [3.05, 3.63) is 0 Å². The maximum Gasteiger partial charge on any atom is 0.163 e. The van der Waals surface area contributed by atoms with Gasteiger partial charge in [0.05, 0.1) is 6.61 Å². The van der Waals surface area contributed by atoms with Crippen LogP contribution in [0.2, 0.25) is 0 Å². The zero-order chi connectivity index (χ0) is 5.82. The number of hydrogen-bond donors (Lipinski definition) is 1. The van der Waals surface area contributed by atoms with Crippen LogP contribution in [0.5, 0.6) is 0 Å². The van der Waals surface area contributed by atoms with E-state index in [4.69, 9.17) is 9.84 Å². The standard InChI is InChI=1S/C5H10O2S/c6-5-4-8-3-1-2-7-5/h5-6H,1-4H2/t5-/m1/s1. The van der Waals surface area contributed by atoms with Gasteiger partial charge in [-0.15, -0.1) is 0 Å². The van der Waals surface area contributed by atoms with Crippen LogP contribution in [0.3, 0.4) is 0 Å². The van der Waals surface area contributed by atoms with E-state index in [1.54, 1.807) is 11.8 Å². The molecule has 0 bridgehead atoms. The van der Waals surface area contributed by atoms with Crippen LogP contribution in [0.15, 0.2) is 0 Å². The Morgan fingerprint density at radius 2 is 2.50 bits per heavy atom. The number of thioether (sulfide) groups is 1. The van der Waals surface area contributed by atoms with Crippen LogP contribution in [0, 0.1) is 0 Å². The number of aliphatic hydroxyl groups excluding tert-OH is 1. The summed E-state index contributed by atoms with van der Waals surface area (Å²) in [6.45, 7) is 0.716. The first-order valence-electron chi connectivity index (χ1n) is 2.77. The zero-order valence-corrected chi connectivity index (χ0v) is 5.49. The predicted molar refractivity (Wildman–Crippen MR) is 33.9 cm³/mol. The first-order valence-corrected chi connectivity index (χ1v) is 3.92. The lowest BCUT2D eigenvalue weighted by Gasteiger charge is -2.03. The maximum atomic E-state index is 8.85. The summed E-state index contributed by atoms with van der Waals surface area (Å²) in [6.07, 6.45) is 0.560. The lowest BCUT2D eigenvalue weighted by Crippen LogP contribution is -2.12. The number of aliphatic hydroxyl groups is 1. The van der Waals surface area contributed by atoms with E-state index < -0.39 is 6.29 Å². The third-order valence-corrected chi connectivity index (χ3v) is 2.10. The van der Waals surface area contributed by atoms with Crippen LogP contribution in [0.4, 0.5) is 0 Å². The molecule has 0 saturated carbocycles. The van der Waals surface area contributed by atoms with Gasteiger partial charge in [0, 0.05) is 5.75 Å². The highest BCUT2D eigenvalue weighted by Crippen LogP contribution is 2.10. The van der Waals surface area contributed by atoms with Gasteiger partial charge in [0.25, 0.3) is 0 Å². The summed E-state index contributed by atoms with van der Waals surface area (Å²) < 4.78 is 4.94. The fourth-order valence-electron chi connectivity index (χ4n) is 0.613. The minimum Gasteiger partial charge on any atom is -0.367 e. The Bertz CT molecular complexity index is 59.4. The Morgan fingerprint density at radius 1 is 1.62 bits per heavy atom. The van der Waals surface area contributed by atoms with Gasteiger partial charge in [-0.3, -0.25) is 0 Å². The molecule has 1 atom stereocenters. The highest BCUT2D eigenvalue weighted by molar-refractivity contribution is 7.99. The van der Waals surface area contributed by atoms with E-state index in [9.17, 15) is 0 Å². The van der Waals surface area contributed by atoms with Crippen LogP contribution >= 0.6 is 11.8 Å². The minimum atomic E-state index is -0.512. The van der Waals surface area contributed by atoms with E-state index in [2.05, 4.69) is 0 Å². The average Bonchev–Trinajstić information content (AvgIpc) is 1.94. The topological polar surface area (TPSA) is 29.5 Å². The summed E-state index contributed by atoms with van der Waals surface area (Å²) >= 11 is 1.75. The van der Waals surface area contributed by atoms with Crippen molar-refractivity contribution < 1.29 is 9.84 Å². The normalized spacial score (nSPS) is 31.9. The van der Waals surface area contributed by atoms with Crippen LogP contribution in [0.1, 0.15) is 6.42 Å². The summed E-state index contributed by atoms with van der Waals surface area (Å²) in [5.41, 5.74) is 0. The predicted octanol–water partition coefficient (Wildman–Crippen LogP) is 0.458. The summed E-state index contributed by atoms with van der Waals surface area (Å²) in [6, 6.07) is 0. The summed E-state index contributed by atoms with van der Waals surface area (Å²) in [5.74, 6) is 1.86. The monoisotopic (exact) mass is 134 g/mol. The Kier molecular flexibility index (Phi) is 2.66. The molecule has 0 spiro atoms. The van der Waals surface area contributed by atoms with Gasteiger partial charge < -0.3 is 9.84 Å². The van der Waals surface area contributed by atoms with Crippen LogP contribution < -0.4 is 0 Å². The van der Waals surface area contributed by atoms with E-state index in [0.29, 0.717) is 6.61 Å². The molecule has 1 heterocycles. The molecule has 1 saturated heterocycles. The lowest BCUT2D eigenvalue weighted by atomic mass is 10.5. The molecule has 0 amide bonds. The largest absolute Gasteiger partial charge is 0.367 e. The van der Waals surface area contributed by atoms with Gasteiger partial charge in [0.1, 0.15) is 0 Å². The fourth-order valence-corrected chi connectivity index (χ4v) is 1.40. The summed E-state index contributed by atoms with van der Waals surface area (Å²) in [7, 11) is 0. The molecule has 0 unspecified atom stereocenters. The Balaban J connectivity index is 2.17. The van der Waals surface area contributed by atoms with Gasteiger partial charge in [-0.1, -0.05) is 0 Å². The molecule has 0 radical (unpaired) electrons. The molecule has 1 aliphatic heterocycles. The van der Waals surface area contributed by atoms with E-state index in [1.807, 2.05) is 0 Å². The van der Waals surface area contributed by atoms with E-state index in [-0.39, 0.29) is 0 Å².